The number of carbonyl (C=O) groups excluding carboxylic acids is 1. The third-order valence-corrected chi connectivity index (χ3v) is 2.29. The highest BCUT2D eigenvalue weighted by Crippen LogP contribution is 2.16. The van der Waals surface area contributed by atoms with E-state index in [1.165, 1.54) is 0 Å². The van der Waals surface area contributed by atoms with Crippen LogP contribution in [0.2, 0.25) is 0 Å². The summed E-state index contributed by atoms with van der Waals surface area (Å²) < 4.78 is 5.37. The Kier molecular flexibility index (Phi) is 6.60. The van der Waals surface area contributed by atoms with E-state index in [4.69, 9.17) is 10.5 Å². The van der Waals surface area contributed by atoms with Crippen molar-refractivity contribution in [3.63, 3.8) is 0 Å². The summed E-state index contributed by atoms with van der Waals surface area (Å²) in [5.41, 5.74) is 5.62. The van der Waals surface area contributed by atoms with Gasteiger partial charge in [0.1, 0.15) is 0 Å². The smallest absolute Gasteiger partial charge is 0.237 e. The predicted octanol–water partition coefficient (Wildman–Crippen LogP) is 1.29. The standard InChI is InChI=1S/C12H26N2O2/c1-9(2)16-8-6-7-14-11(15)10(13)12(3,4)5/h9-10H,6-8,13H2,1-5H3,(H,14,15). The fourth-order valence-corrected chi connectivity index (χ4v) is 1.11. The van der Waals surface area contributed by atoms with Crippen LogP contribution in [0, 0.1) is 5.41 Å². The van der Waals surface area contributed by atoms with Gasteiger partial charge < -0.3 is 15.8 Å². The lowest BCUT2D eigenvalue weighted by Gasteiger charge is -2.25. The topological polar surface area (TPSA) is 64.3 Å². The Morgan fingerprint density at radius 3 is 2.38 bits per heavy atom. The van der Waals surface area contributed by atoms with Crippen LogP contribution in [0.25, 0.3) is 0 Å². The van der Waals surface area contributed by atoms with E-state index in [0.717, 1.165) is 6.42 Å². The summed E-state index contributed by atoms with van der Waals surface area (Å²) in [6, 6.07) is -0.460. The zero-order valence-electron chi connectivity index (χ0n) is 11.2. The highest BCUT2D eigenvalue weighted by atomic mass is 16.5. The summed E-state index contributed by atoms with van der Waals surface area (Å²) in [5, 5.41) is 2.82. The first-order valence-electron chi connectivity index (χ1n) is 5.90. The van der Waals surface area contributed by atoms with E-state index in [2.05, 4.69) is 5.32 Å². The molecule has 0 rings (SSSR count). The third-order valence-electron chi connectivity index (χ3n) is 2.29. The van der Waals surface area contributed by atoms with Gasteiger partial charge in [-0.15, -0.1) is 0 Å². The van der Waals surface area contributed by atoms with Gasteiger partial charge in [0.2, 0.25) is 5.91 Å². The first kappa shape index (κ1) is 15.4. The largest absolute Gasteiger partial charge is 0.379 e. The van der Waals surface area contributed by atoms with Crippen LogP contribution >= 0.6 is 0 Å². The van der Waals surface area contributed by atoms with Gasteiger partial charge in [-0.05, 0) is 25.7 Å². The first-order chi connectivity index (χ1) is 7.25. The number of hydrogen-bond acceptors (Lipinski definition) is 3. The maximum absolute atomic E-state index is 11.6. The molecule has 4 heteroatoms. The molecule has 0 aromatic carbocycles. The molecule has 96 valence electrons. The van der Waals surface area contributed by atoms with Gasteiger partial charge in [-0.2, -0.15) is 0 Å². The maximum Gasteiger partial charge on any atom is 0.237 e. The van der Waals surface area contributed by atoms with Crippen molar-refractivity contribution in [3.05, 3.63) is 0 Å². The highest BCUT2D eigenvalue weighted by molar-refractivity contribution is 5.82. The number of rotatable bonds is 6. The molecule has 0 aromatic heterocycles. The van der Waals surface area contributed by atoms with Crippen LogP contribution in [0.5, 0.6) is 0 Å². The minimum absolute atomic E-state index is 0.0861. The molecule has 0 bridgehead atoms. The Labute approximate surface area is 98.9 Å². The fraction of sp³-hybridized carbons (Fsp3) is 0.917. The first-order valence-corrected chi connectivity index (χ1v) is 5.90. The molecule has 4 nitrogen and oxygen atoms in total. The summed E-state index contributed by atoms with van der Waals surface area (Å²) >= 11 is 0. The normalized spacial score (nSPS) is 13.9. The molecule has 1 amide bonds. The monoisotopic (exact) mass is 230 g/mol. The fourth-order valence-electron chi connectivity index (χ4n) is 1.11. The summed E-state index contributed by atoms with van der Waals surface area (Å²) in [5.74, 6) is -0.0861. The molecule has 1 atom stereocenters. The Bertz CT molecular complexity index is 210. The quantitative estimate of drug-likeness (QED) is 0.676. The Balaban J connectivity index is 3.66. The Hall–Kier alpha value is -0.610. The van der Waals surface area contributed by atoms with Gasteiger partial charge in [0.05, 0.1) is 12.1 Å². The van der Waals surface area contributed by atoms with Crippen LogP contribution in [0.15, 0.2) is 0 Å². The summed E-state index contributed by atoms with van der Waals surface area (Å²) in [7, 11) is 0. The van der Waals surface area contributed by atoms with Crippen molar-refractivity contribution in [3.8, 4) is 0 Å². The molecule has 0 aromatic rings. The van der Waals surface area contributed by atoms with Crippen molar-refractivity contribution in [1.29, 1.82) is 0 Å². The summed E-state index contributed by atoms with van der Waals surface area (Å²) in [6.07, 6.45) is 1.06. The second-order valence-electron chi connectivity index (χ2n) is 5.41. The van der Waals surface area contributed by atoms with E-state index < -0.39 is 6.04 Å². The molecule has 0 heterocycles. The van der Waals surface area contributed by atoms with Gasteiger partial charge in [-0.25, -0.2) is 0 Å². The van der Waals surface area contributed by atoms with Crippen LogP contribution in [0.3, 0.4) is 0 Å². The Morgan fingerprint density at radius 1 is 1.38 bits per heavy atom. The minimum atomic E-state index is -0.460. The van der Waals surface area contributed by atoms with E-state index in [-0.39, 0.29) is 17.4 Å². The van der Waals surface area contributed by atoms with E-state index in [1.54, 1.807) is 0 Å². The molecule has 0 aliphatic heterocycles. The molecule has 3 N–H and O–H groups in total. The second-order valence-corrected chi connectivity index (χ2v) is 5.41. The van der Waals surface area contributed by atoms with Crippen molar-refractivity contribution in [2.24, 2.45) is 11.1 Å². The molecule has 0 saturated carbocycles. The van der Waals surface area contributed by atoms with Crippen molar-refractivity contribution in [2.45, 2.75) is 53.2 Å². The van der Waals surface area contributed by atoms with Crippen LogP contribution in [0.1, 0.15) is 41.0 Å². The van der Waals surface area contributed by atoms with Gasteiger partial charge in [0, 0.05) is 13.2 Å². The third kappa shape index (κ3) is 6.80. The van der Waals surface area contributed by atoms with Crippen molar-refractivity contribution in [2.75, 3.05) is 13.2 Å². The SMILES string of the molecule is CC(C)OCCCNC(=O)C(N)C(C)(C)C. The van der Waals surface area contributed by atoms with Gasteiger partial charge in [-0.1, -0.05) is 20.8 Å². The number of amides is 1. The molecule has 0 fully saturated rings. The van der Waals surface area contributed by atoms with Crippen molar-refractivity contribution >= 4 is 5.91 Å². The van der Waals surface area contributed by atoms with Gasteiger partial charge in [0.15, 0.2) is 0 Å². The summed E-state index contributed by atoms with van der Waals surface area (Å²) in [6.45, 7) is 11.2. The minimum Gasteiger partial charge on any atom is -0.379 e. The van der Waals surface area contributed by atoms with Crippen LogP contribution < -0.4 is 11.1 Å². The molecule has 0 saturated heterocycles. The number of nitrogens with two attached hydrogens (primary N) is 1. The number of carbonyl (C=O) groups is 1. The summed E-state index contributed by atoms with van der Waals surface area (Å²) in [4.78, 5) is 11.6. The average Bonchev–Trinajstić information content (AvgIpc) is 2.13. The van der Waals surface area contributed by atoms with E-state index in [1.807, 2.05) is 34.6 Å². The zero-order valence-corrected chi connectivity index (χ0v) is 11.2. The van der Waals surface area contributed by atoms with Gasteiger partial charge in [-0.3, -0.25) is 4.79 Å². The molecule has 16 heavy (non-hydrogen) atoms. The van der Waals surface area contributed by atoms with Gasteiger partial charge in [0.25, 0.3) is 0 Å². The van der Waals surface area contributed by atoms with E-state index in [0.29, 0.717) is 13.2 Å². The molecular formula is C12H26N2O2. The van der Waals surface area contributed by atoms with Gasteiger partial charge >= 0.3 is 0 Å². The predicted molar refractivity (Wildman–Crippen MR) is 66.1 cm³/mol. The highest BCUT2D eigenvalue weighted by Gasteiger charge is 2.26. The lowest BCUT2D eigenvalue weighted by atomic mass is 9.87. The van der Waals surface area contributed by atoms with Crippen molar-refractivity contribution < 1.29 is 9.53 Å². The molecule has 0 spiro atoms. The molecule has 0 aliphatic carbocycles. The number of ether oxygens (including phenoxy) is 1. The van der Waals surface area contributed by atoms with Crippen LogP contribution in [0.4, 0.5) is 0 Å². The lowest BCUT2D eigenvalue weighted by Crippen LogP contribution is -2.48. The number of nitrogens with one attached hydrogen (secondary N) is 1. The zero-order chi connectivity index (χ0) is 12.8. The van der Waals surface area contributed by atoms with E-state index >= 15 is 0 Å². The van der Waals surface area contributed by atoms with Crippen LogP contribution in [-0.4, -0.2) is 31.2 Å². The van der Waals surface area contributed by atoms with Crippen LogP contribution in [-0.2, 0) is 9.53 Å². The average molecular weight is 230 g/mol. The molecule has 0 radical (unpaired) electrons. The molecular weight excluding hydrogens is 204 g/mol. The molecule has 0 aliphatic rings. The maximum atomic E-state index is 11.6. The lowest BCUT2D eigenvalue weighted by molar-refractivity contribution is -0.124. The van der Waals surface area contributed by atoms with Crippen molar-refractivity contribution in [1.82, 2.24) is 5.32 Å². The molecule has 1 unspecified atom stereocenters. The number of hydrogen-bond donors (Lipinski definition) is 2. The Morgan fingerprint density at radius 2 is 1.94 bits per heavy atom. The van der Waals surface area contributed by atoms with E-state index in [9.17, 15) is 4.79 Å². The second kappa shape index (κ2) is 6.86.